The summed E-state index contributed by atoms with van der Waals surface area (Å²) < 4.78 is 10.0. The number of esters is 1. The van der Waals surface area contributed by atoms with Gasteiger partial charge in [0.25, 0.3) is 0 Å². The zero-order chi connectivity index (χ0) is 17.4. The number of nitrogens with one attached hydrogen (secondary N) is 1. The van der Waals surface area contributed by atoms with Crippen LogP contribution in [0.1, 0.15) is 18.1 Å². The molecule has 6 nitrogen and oxygen atoms in total. The zero-order valence-corrected chi connectivity index (χ0v) is 13.7. The Bertz CT molecular complexity index is 676. The maximum Gasteiger partial charge on any atom is 0.408 e. The summed E-state index contributed by atoms with van der Waals surface area (Å²) in [6.45, 7) is 1.70. The molecule has 24 heavy (non-hydrogen) atoms. The summed E-state index contributed by atoms with van der Waals surface area (Å²) in [6, 6.07) is 12.9. The van der Waals surface area contributed by atoms with Crippen LogP contribution in [0.25, 0.3) is 0 Å². The number of pyridine rings is 1. The molecule has 2 aromatic rings. The van der Waals surface area contributed by atoms with E-state index in [1.807, 2.05) is 30.3 Å². The molecule has 0 bridgehead atoms. The van der Waals surface area contributed by atoms with E-state index in [1.165, 1.54) is 7.11 Å². The molecular formula is C18H20N2O4. The Kier molecular flexibility index (Phi) is 5.89. The van der Waals surface area contributed by atoms with Crippen molar-refractivity contribution in [3.8, 4) is 0 Å². The van der Waals surface area contributed by atoms with Crippen molar-refractivity contribution in [3.63, 3.8) is 0 Å². The Hall–Kier alpha value is -2.89. The Labute approximate surface area is 140 Å². The first-order valence-corrected chi connectivity index (χ1v) is 7.50. The predicted octanol–water partition coefficient (Wildman–Crippen LogP) is 2.48. The van der Waals surface area contributed by atoms with Gasteiger partial charge in [0.05, 0.1) is 7.11 Å². The van der Waals surface area contributed by atoms with Crippen molar-refractivity contribution < 1.29 is 19.1 Å². The van der Waals surface area contributed by atoms with Crippen molar-refractivity contribution in [1.82, 2.24) is 10.3 Å². The fraction of sp³-hybridized carbons (Fsp3) is 0.278. The van der Waals surface area contributed by atoms with Gasteiger partial charge in [0.15, 0.2) is 0 Å². The third-order valence-electron chi connectivity index (χ3n) is 3.53. The maximum absolute atomic E-state index is 12.1. The molecule has 1 atom stereocenters. The van der Waals surface area contributed by atoms with Crippen molar-refractivity contribution in [1.29, 1.82) is 0 Å². The number of hydrogen-bond donors (Lipinski definition) is 1. The SMILES string of the molecule is COC(=O)[C@](C)(Cc1ccccc1)NC(=O)OCc1ccncc1. The van der Waals surface area contributed by atoms with Gasteiger partial charge < -0.3 is 14.8 Å². The summed E-state index contributed by atoms with van der Waals surface area (Å²) in [6.07, 6.45) is 2.84. The van der Waals surface area contributed by atoms with Crippen LogP contribution >= 0.6 is 0 Å². The number of methoxy groups -OCH3 is 1. The molecule has 0 saturated carbocycles. The second kappa shape index (κ2) is 8.10. The van der Waals surface area contributed by atoms with E-state index in [0.717, 1.165) is 11.1 Å². The second-order valence-electron chi connectivity index (χ2n) is 5.54. The maximum atomic E-state index is 12.1. The van der Waals surface area contributed by atoms with Crippen molar-refractivity contribution in [2.24, 2.45) is 0 Å². The monoisotopic (exact) mass is 328 g/mol. The summed E-state index contributed by atoms with van der Waals surface area (Å²) in [5.41, 5.74) is 0.494. The minimum atomic E-state index is -1.22. The first-order valence-electron chi connectivity index (χ1n) is 7.50. The van der Waals surface area contributed by atoms with Gasteiger partial charge in [-0.1, -0.05) is 30.3 Å². The Morgan fingerprint density at radius 3 is 2.38 bits per heavy atom. The Morgan fingerprint density at radius 2 is 1.75 bits per heavy atom. The number of ether oxygens (including phenoxy) is 2. The highest BCUT2D eigenvalue weighted by Gasteiger charge is 2.36. The highest BCUT2D eigenvalue weighted by molar-refractivity contribution is 5.85. The van der Waals surface area contributed by atoms with Crippen molar-refractivity contribution in [3.05, 3.63) is 66.0 Å². The fourth-order valence-corrected chi connectivity index (χ4v) is 2.29. The average molecular weight is 328 g/mol. The molecule has 0 aliphatic carbocycles. The number of nitrogens with zero attached hydrogens (tertiary/aromatic N) is 1. The number of aromatic nitrogens is 1. The molecule has 0 spiro atoms. The summed E-state index contributed by atoms with van der Waals surface area (Å²) in [5, 5.41) is 2.61. The summed E-state index contributed by atoms with van der Waals surface area (Å²) in [4.78, 5) is 28.1. The number of carbonyl (C=O) groups excluding carboxylic acids is 2. The van der Waals surface area contributed by atoms with Gasteiger partial charge in [-0.2, -0.15) is 0 Å². The van der Waals surface area contributed by atoms with Crippen LogP contribution in [0, 0.1) is 0 Å². The van der Waals surface area contributed by atoms with E-state index in [2.05, 4.69) is 10.3 Å². The lowest BCUT2D eigenvalue weighted by Gasteiger charge is -2.27. The van der Waals surface area contributed by atoms with Gasteiger partial charge in [0, 0.05) is 18.8 Å². The largest absolute Gasteiger partial charge is 0.467 e. The lowest BCUT2D eigenvalue weighted by atomic mass is 9.93. The molecule has 126 valence electrons. The first kappa shape index (κ1) is 17.5. The van der Waals surface area contributed by atoms with E-state index in [9.17, 15) is 9.59 Å². The van der Waals surface area contributed by atoms with Crippen molar-refractivity contribution >= 4 is 12.1 Å². The zero-order valence-electron chi connectivity index (χ0n) is 13.7. The summed E-state index contributed by atoms with van der Waals surface area (Å²) >= 11 is 0. The quantitative estimate of drug-likeness (QED) is 0.824. The molecule has 6 heteroatoms. The average Bonchev–Trinajstić information content (AvgIpc) is 2.61. The molecule has 0 aliphatic heterocycles. The number of alkyl carbamates (subject to hydrolysis) is 1. The van der Waals surface area contributed by atoms with E-state index < -0.39 is 17.6 Å². The normalized spacial score (nSPS) is 12.8. The third kappa shape index (κ3) is 4.81. The number of rotatable bonds is 6. The van der Waals surface area contributed by atoms with E-state index in [1.54, 1.807) is 31.5 Å². The van der Waals surface area contributed by atoms with E-state index in [-0.39, 0.29) is 6.61 Å². The van der Waals surface area contributed by atoms with Crippen LogP contribution < -0.4 is 5.32 Å². The standard InChI is InChI=1S/C18H20N2O4/c1-18(16(21)23-2,12-14-6-4-3-5-7-14)20-17(22)24-13-15-8-10-19-11-9-15/h3-11H,12-13H2,1-2H3,(H,20,22)/t18-/m0/s1. The lowest BCUT2D eigenvalue weighted by molar-refractivity contribution is -0.147. The van der Waals surface area contributed by atoms with Gasteiger partial charge in [-0.05, 0) is 30.2 Å². The third-order valence-corrected chi connectivity index (χ3v) is 3.53. The first-order chi connectivity index (χ1) is 11.5. The van der Waals surface area contributed by atoms with Gasteiger partial charge in [-0.3, -0.25) is 4.98 Å². The molecule has 1 heterocycles. The molecule has 0 saturated heterocycles. The minimum Gasteiger partial charge on any atom is -0.467 e. The number of carbonyl (C=O) groups is 2. The van der Waals surface area contributed by atoms with Crippen LogP contribution in [0.15, 0.2) is 54.9 Å². The number of benzene rings is 1. The molecule has 0 aliphatic rings. The van der Waals surface area contributed by atoms with Crippen LogP contribution in [-0.4, -0.2) is 29.7 Å². The molecule has 0 radical (unpaired) electrons. The van der Waals surface area contributed by atoms with E-state index in [4.69, 9.17) is 9.47 Å². The Morgan fingerprint density at radius 1 is 1.08 bits per heavy atom. The molecule has 0 fully saturated rings. The van der Waals surface area contributed by atoms with Gasteiger partial charge in [-0.15, -0.1) is 0 Å². The summed E-state index contributed by atoms with van der Waals surface area (Å²) in [5.74, 6) is -0.535. The Balaban J connectivity index is 2.02. The van der Waals surface area contributed by atoms with Crippen LogP contribution in [0.5, 0.6) is 0 Å². The van der Waals surface area contributed by atoms with Gasteiger partial charge in [0.2, 0.25) is 0 Å². The van der Waals surface area contributed by atoms with E-state index >= 15 is 0 Å². The molecule has 1 N–H and O–H groups in total. The lowest BCUT2D eigenvalue weighted by Crippen LogP contribution is -2.54. The van der Waals surface area contributed by atoms with Crippen LogP contribution in [0.4, 0.5) is 4.79 Å². The fourth-order valence-electron chi connectivity index (χ4n) is 2.29. The number of amides is 1. The van der Waals surface area contributed by atoms with E-state index in [0.29, 0.717) is 6.42 Å². The summed E-state index contributed by atoms with van der Waals surface area (Å²) in [7, 11) is 1.29. The molecule has 2 rings (SSSR count). The van der Waals surface area contributed by atoms with Gasteiger partial charge >= 0.3 is 12.1 Å². The van der Waals surface area contributed by atoms with Gasteiger partial charge in [0.1, 0.15) is 12.1 Å². The van der Waals surface area contributed by atoms with Crippen LogP contribution in [-0.2, 0) is 27.3 Å². The molecular weight excluding hydrogens is 308 g/mol. The second-order valence-corrected chi connectivity index (χ2v) is 5.54. The van der Waals surface area contributed by atoms with Crippen molar-refractivity contribution in [2.75, 3.05) is 7.11 Å². The smallest absolute Gasteiger partial charge is 0.408 e. The molecule has 1 aromatic carbocycles. The van der Waals surface area contributed by atoms with Crippen LogP contribution in [0.3, 0.4) is 0 Å². The van der Waals surface area contributed by atoms with Crippen LogP contribution in [0.2, 0.25) is 0 Å². The predicted molar refractivity (Wildman–Crippen MR) is 88.1 cm³/mol. The molecule has 1 amide bonds. The highest BCUT2D eigenvalue weighted by atomic mass is 16.6. The number of hydrogen-bond acceptors (Lipinski definition) is 5. The highest BCUT2D eigenvalue weighted by Crippen LogP contribution is 2.15. The van der Waals surface area contributed by atoms with Crippen molar-refractivity contribution in [2.45, 2.75) is 25.5 Å². The minimum absolute atomic E-state index is 0.0942. The molecule has 1 aromatic heterocycles. The molecule has 0 unspecified atom stereocenters. The topological polar surface area (TPSA) is 77.5 Å². The van der Waals surface area contributed by atoms with Gasteiger partial charge in [-0.25, -0.2) is 9.59 Å².